The van der Waals surface area contributed by atoms with Gasteiger partial charge in [0.1, 0.15) is 12.6 Å². The highest BCUT2D eigenvalue weighted by Crippen LogP contribution is 2.43. The number of phosphoric ester groups is 1. The highest BCUT2D eigenvalue weighted by Gasteiger charge is 2.28. The minimum atomic E-state index is -4.55. The topological polar surface area (TPSA) is 218 Å². The van der Waals surface area contributed by atoms with Crippen LogP contribution in [0.1, 0.15) is 142 Å². The SMILES string of the molecule is CCCCC/C=C\C\C=C/C=C/C=C/[C@@H](SC[C@H](N)C(=O)O[C@H](COC(=O)CCCCCC/C=C\C/C=C\C/C=C\CCCCC)COP(=O)(O)OCCN)[C@@H](O)CCCC(=O)O. The molecule has 0 radical (unpaired) electrons. The van der Waals surface area contributed by atoms with Crippen molar-refractivity contribution in [2.75, 3.05) is 32.1 Å². The van der Waals surface area contributed by atoms with Crippen molar-refractivity contribution in [3.05, 3.63) is 85.1 Å². The molecule has 0 saturated carbocycles. The van der Waals surface area contributed by atoms with E-state index in [9.17, 15) is 28.9 Å². The van der Waals surface area contributed by atoms with Crippen LogP contribution in [0.4, 0.5) is 0 Å². The molecule has 0 rings (SSSR count). The number of carboxylic acid groups (broad SMARTS) is 1. The maximum absolute atomic E-state index is 13.1. The van der Waals surface area contributed by atoms with Crippen molar-refractivity contribution in [2.24, 2.45) is 11.5 Å². The Bertz CT molecular complexity index is 1430. The number of rotatable bonds is 42. The van der Waals surface area contributed by atoms with Crippen molar-refractivity contribution in [3.63, 3.8) is 0 Å². The standard InChI is InChI=1S/C48H81N2O11PS/c1-3-5-7-9-11-13-15-17-18-19-20-21-23-25-27-29-31-36-47(54)58-39-42(40-60-62(56,57)59-38-37-49)61-48(55)43(50)41-63-45(44(51)33-32-35-46(52)53)34-30-28-26-24-22-16-14-12-10-8-6-4-2/h11-14,17-18,20-22,24,26,28,30,34,42-45,51H,3-10,15-16,19,23,25,27,29,31-33,35-41,49-50H2,1-2H3,(H,52,53)(H,56,57)/b13-11-,14-12-,18-17-,21-20-,24-22-,28-26+,34-30+/t42-,43+,44+,45-/m1/s1. The molecule has 0 saturated heterocycles. The Kier molecular flexibility index (Phi) is 40.8. The van der Waals surface area contributed by atoms with Crippen LogP contribution >= 0.6 is 19.6 Å². The van der Waals surface area contributed by atoms with Crippen LogP contribution in [0.2, 0.25) is 0 Å². The molecule has 63 heavy (non-hydrogen) atoms. The van der Waals surface area contributed by atoms with Crippen molar-refractivity contribution in [1.82, 2.24) is 0 Å². The van der Waals surface area contributed by atoms with E-state index < -0.39 is 62.4 Å². The molecule has 1 unspecified atom stereocenters. The van der Waals surface area contributed by atoms with Gasteiger partial charge >= 0.3 is 25.7 Å². The summed E-state index contributed by atoms with van der Waals surface area (Å²) >= 11 is 1.19. The summed E-state index contributed by atoms with van der Waals surface area (Å²) < 4.78 is 32.9. The number of carbonyl (C=O) groups excluding carboxylic acids is 2. The number of aliphatic hydroxyl groups is 1. The van der Waals surface area contributed by atoms with Gasteiger partial charge in [-0.25, -0.2) is 4.57 Å². The molecular formula is C48H81N2O11PS. The molecule has 13 nitrogen and oxygen atoms in total. The van der Waals surface area contributed by atoms with E-state index in [1.807, 2.05) is 24.3 Å². The summed E-state index contributed by atoms with van der Waals surface area (Å²) in [6.07, 6.45) is 43.7. The predicted octanol–water partition coefficient (Wildman–Crippen LogP) is 10.1. The fourth-order valence-corrected chi connectivity index (χ4v) is 7.54. The molecule has 0 heterocycles. The fourth-order valence-electron chi connectivity index (χ4n) is 5.65. The van der Waals surface area contributed by atoms with Crippen LogP contribution in [0.25, 0.3) is 0 Å². The largest absolute Gasteiger partial charge is 0.481 e. The van der Waals surface area contributed by atoms with Gasteiger partial charge in [-0.15, -0.1) is 11.8 Å². The molecule has 15 heteroatoms. The zero-order chi connectivity index (χ0) is 46.7. The molecule has 0 fully saturated rings. The Hall–Kier alpha value is -3.07. The lowest BCUT2D eigenvalue weighted by atomic mass is 10.1. The van der Waals surface area contributed by atoms with Gasteiger partial charge in [0.05, 0.1) is 19.3 Å². The van der Waals surface area contributed by atoms with Crippen molar-refractivity contribution in [1.29, 1.82) is 0 Å². The van der Waals surface area contributed by atoms with Gasteiger partial charge in [-0.1, -0.05) is 137 Å². The van der Waals surface area contributed by atoms with Gasteiger partial charge < -0.3 is 36.0 Å². The second-order valence-corrected chi connectivity index (χ2v) is 17.8. The van der Waals surface area contributed by atoms with E-state index in [0.717, 1.165) is 57.8 Å². The molecule has 0 aromatic carbocycles. The lowest BCUT2D eigenvalue weighted by Crippen LogP contribution is -2.40. The number of ether oxygens (including phenoxy) is 2. The third-order valence-electron chi connectivity index (χ3n) is 9.25. The number of hydrogen-bond acceptors (Lipinski definition) is 12. The van der Waals surface area contributed by atoms with E-state index in [2.05, 4.69) is 62.5 Å². The second kappa shape index (κ2) is 42.9. The molecular weight excluding hydrogens is 844 g/mol. The molecule has 0 amide bonds. The number of unbranched alkanes of at least 4 members (excludes halogenated alkanes) is 10. The van der Waals surface area contributed by atoms with Gasteiger partial charge in [-0.3, -0.25) is 23.4 Å². The first-order chi connectivity index (χ1) is 30.4. The number of allylic oxidation sites excluding steroid dienone is 13. The lowest BCUT2D eigenvalue weighted by molar-refractivity contribution is -0.161. The summed E-state index contributed by atoms with van der Waals surface area (Å²) in [5, 5.41) is 19.4. The summed E-state index contributed by atoms with van der Waals surface area (Å²) in [4.78, 5) is 46.8. The van der Waals surface area contributed by atoms with Crippen molar-refractivity contribution in [2.45, 2.75) is 166 Å². The average molecular weight is 925 g/mol. The van der Waals surface area contributed by atoms with Crippen LogP contribution in [0.5, 0.6) is 0 Å². The summed E-state index contributed by atoms with van der Waals surface area (Å²) in [7, 11) is -4.55. The summed E-state index contributed by atoms with van der Waals surface area (Å²) in [6.45, 7) is 3.04. The number of aliphatic hydroxyl groups excluding tert-OH is 1. The molecule has 0 aliphatic heterocycles. The molecule has 0 aromatic heterocycles. The van der Waals surface area contributed by atoms with E-state index in [4.69, 9.17) is 35.1 Å². The van der Waals surface area contributed by atoms with Gasteiger partial charge in [-0.2, -0.15) is 0 Å². The first kappa shape index (κ1) is 59.9. The van der Waals surface area contributed by atoms with Gasteiger partial charge in [0.25, 0.3) is 0 Å². The predicted molar refractivity (Wildman–Crippen MR) is 257 cm³/mol. The Balaban J connectivity index is 5.10. The lowest BCUT2D eigenvalue weighted by Gasteiger charge is -2.23. The minimum Gasteiger partial charge on any atom is -0.481 e. The summed E-state index contributed by atoms with van der Waals surface area (Å²) in [5.41, 5.74) is 11.6. The summed E-state index contributed by atoms with van der Waals surface area (Å²) in [5.74, 6) is -2.36. The van der Waals surface area contributed by atoms with Crippen LogP contribution in [0.15, 0.2) is 85.1 Å². The molecule has 0 aliphatic rings. The Labute approximate surface area is 383 Å². The maximum Gasteiger partial charge on any atom is 0.472 e. The van der Waals surface area contributed by atoms with Gasteiger partial charge in [-0.05, 0) is 77.0 Å². The molecule has 0 aromatic rings. The van der Waals surface area contributed by atoms with E-state index in [1.54, 1.807) is 12.2 Å². The highest BCUT2D eigenvalue weighted by molar-refractivity contribution is 8.00. The number of phosphoric acid groups is 1. The van der Waals surface area contributed by atoms with Gasteiger partial charge in [0.15, 0.2) is 6.10 Å². The molecule has 360 valence electrons. The summed E-state index contributed by atoms with van der Waals surface area (Å²) in [6, 6.07) is -1.20. The van der Waals surface area contributed by atoms with E-state index in [0.29, 0.717) is 6.42 Å². The van der Waals surface area contributed by atoms with Crippen molar-refractivity contribution < 1.29 is 52.6 Å². The van der Waals surface area contributed by atoms with Crippen LogP contribution in [0, 0.1) is 0 Å². The smallest absolute Gasteiger partial charge is 0.472 e. The van der Waals surface area contributed by atoms with Gasteiger partial charge in [0, 0.05) is 30.4 Å². The first-order valence-corrected chi connectivity index (χ1v) is 25.5. The Morgan fingerprint density at radius 1 is 0.698 bits per heavy atom. The molecule has 0 bridgehead atoms. The van der Waals surface area contributed by atoms with E-state index in [1.165, 1.54) is 50.3 Å². The Morgan fingerprint density at radius 2 is 1.27 bits per heavy atom. The maximum atomic E-state index is 13.1. The molecule has 0 spiro atoms. The van der Waals surface area contributed by atoms with E-state index in [-0.39, 0.29) is 44.6 Å². The van der Waals surface area contributed by atoms with Crippen LogP contribution < -0.4 is 11.5 Å². The minimum absolute atomic E-state index is 0.00741. The number of carbonyl (C=O) groups is 3. The number of carboxylic acids is 1. The number of nitrogens with two attached hydrogens (primary N) is 2. The van der Waals surface area contributed by atoms with Crippen LogP contribution in [-0.2, 0) is 37.5 Å². The quantitative estimate of drug-likeness (QED) is 0.0127. The molecule has 5 atom stereocenters. The van der Waals surface area contributed by atoms with Crippen molar-refractivity contribution in [3.8, 4) is 0 Å². The third-order valence-corrected chi connectivity index (χ3v) is 11.6. The fraction of sp³-hybridized carbons (Fsp3) is 0.646. The second-order valence-electron chi connectivity index (χ2n) is 15.1. The highest BCUT2D eigenvalue weighted by atomic mass is 32.2. The monoisotopic (exact) mass is 925 g/mol. The normalized spacial score (nSPS) is 15.4. The average Bonchev–Trinajstić information content (AvgIpc) is 3.25. The Morgan fingerprint density at radius 3 is 1.87 bits per heavy atom. The zero-order valence-corrected chi connectivity index (χ0v) is 39.9. The van der Waals surface area contributed by atoms with Crippen molar-refractivity contribution >= 4 is 37.5 Å². The van der Waals surface area contributed by atoms with Crippen LogP contribution in [0.3, 0.4) is 0 Å². The number of thioether (sulfide) groups is 1. The number of aliphatic carboxylic acids is 1. The van der Waals surface area contributed by atoms with Crippen LogP contribution in [-0.4, -0.2) is 88.6 Å². The van der Waals surface area contributed by atoms with E-state index >= 15 is 0 Å². The zero-order valence-electron chi connectivity index (χ0n) is 38.2. The van der Waals surface area contributed by atoms with Gasteiger partial charge in [0.2, 0.25) is 0 Å². The third kappa shape index (κ3) is 40.2. The number of hydrogen-bond donors (Lipinski definition) is 5. The molecule has 0 aliphatic carbocycles. The first-order valence-electron chi connectivity index (χ1n) is 23.0. The molecule has 7 N–H and O–H groups in total. The number of esters is 2.